The number of amides is 2. The van der Waals surface area contributed by atoms with Gasteiger partial charge in [0.2, 0.25) is 5.91 Å². The average molecular weight is 446 g/mol. The number of aliphatic hydroxyl groups is 1. The molecule has 170 valence electrons. The second-order valence-corrected chi connectivity index (χ2v) is 10.6. The van der Waals surface area contributed by atoms with E-state index >= 15 is 0 Å². The van der Waals surface area contributed by atoms with Crippen molar-refractivity contribution in [2.24, 2.45) is 10.4 Å². The van der Waals surface area contributed by atoms with Crippen LogP contribution in [0.2, 0.25) is 0 Å². The lowest BCUT2D eigenvalue weighted by molar-refractivity contribution is -0.149. The number of rotatable bonds is 0. The first-order chi connectivity index (χ1) is 15.5. The molecule has 7 nitrogen and oxygen atoms in total. The monoisotopic (exact) mass is 445 g/mol. The SMILES string of the molecule is CC1(C)C=Cc2c(ccc3c2N=C2C(C)(C)C=CN4C(=O)C5=CCCN5C(=O)C4CC23O)O1. The van der Waals surface area contributed by atoms with Gasteiger partial charge in [0.15, 0.2) is 0 Å². The van der Waals surface area contributed by atoms with Gasteiger partial charge in [0.25, 0.3) is 5.91 Å². The molecule has 1 saturated heterocycles. The van der Waals surface area contributed by atoms with Crippen LogP contribution in [-0.2, 0) is 15.2 Å². The normalized spacial score (nSPS) is 30.3. The molecule has 1 aromatic rings. The van der Waals surface area contributed by atoms with Crippen LogP contribution in [0.4, 0.5) is 5.69 Å². The highest BCUT2D eigenvalue weighted by Crippen LogP contribution is 2.53. The van der Waals surface area contributed by atoms with Gasteiger partial charge in [-0.15, -0.1) is 0 Å². The molecule has 6 rings (SSSR count). The third-order valence-corrected chi connectivity index (χ3v) is 7.33. The Labute approximate surface area is 192 Å². The molecule has 1 aromatic carbocycles. The van der Waals surface area contributed by atoms with E-state index in [9.17, 15) is 14.7 Å². The molecule has 0 saturated carbocycles. The Hall–Kier alpha value is -3.19. The molecule has 7 heteroatoms. The summed E-state index contributed by atoms with van der Waals surface area (Å²) in [6, 6.07) is 2.91. The molecule has 0 aromatic heterocycles. The molecule has 0 aliphatic carbocycles. The number of piperazine rings is 1. The highest BCUT2D eigenvalue weighted by atomic mass is 16.5. The fourth-order valence-electron chi connectivity index (χ4n) is 5.66. The maximum absolute atomic E-state index is 13.4. The van der Waals surface area contributed by atoms with E-state index in [1.54, 1.807) is 11.1 Å². The minimum absolute atomic E-state index is 0.0514. The topological polar surface area (TPSA) is 82.4 Å². The zero-order valence-electron chi connectivity index (χ0n) is 19.3. The van der Waals surface area contributed by atoms with E-state index < -0.39 is 22.7 Å². The van der Waals surface area contributed by atoms with Crippen LogP contribution in [0, 0.1) is 5.41 Å². The van der Waals surface area contributed by atoms with Crippen molar-refractivity contribution in [3.8, 4) is 5.75 Å². The summed E-state index contributed by atoms with van der Waals surface area (Å²) in [5.41, 5.74) is 0.602. The molecule has 0 bridgehead atoms. The summed E-state index contributed by atoms with van der Waals surface area (Å²) >= 11 is 0. The van der Waals surface area contributed by atoms with Crippen LogP contribution < -0.4 is 4.74 Å². The number of allylic oxidation sites excluding steroid dienone is 1. The van der Waals surface area contributed by atoms with E-state index in [4.69, 9.17) is 9.73 Å². The van der Waals surface area contributed by atoms with E-state index in [-0.39, 0.29) is 18.2 Å². The van der Waals surface area contributed by atoms with E-state index in [0.29, 0.717) is 41.4 Å². The zero-order valence-corrected chi connectivity index (χ0v) is 19.3. The first-order valence-electron chi connectivity index (χ1n) is 11.4. The molecule has 0 radical (unpaired) electrons. The van der Waals surface area contributed by atoms with Gasteiger partial charge in [-0.1, -0.05) is 26.0 Å². The summed E-state index contributed by atoms with van der Waals surface area (Å²) in [4.78, 5) is 34.7. The summed E-state index contributed by atoms with van der Waals surface area (Å²) in [5.74, 6) is 0.358. The number of ether oxygens (including phenoxy) is 1. The second kappa shape index (κ2) is 6.23. The van der Waals surface area contributed by atoms with Crippen molar-refractivity contribution < 1.29 is 19.4 Å². The Morgan fingerprint density at radius 2 is 1.94 bits per heavy atom. The van der Waals surface area contributed by atoms with E-state index in [1.807, 2.05) is 64.1 Å². The number of fused-ring (bicyclic) bond motifs is 7. The molecule has 33 heavy (non-hydrogen) atoms. The molecule has 5 heterocycles. The molecule has 2 atom stereocenters. The summed E-state index contributed by atoms with van der Waals surface area (Å²) in [6.07, 6.45) is 10.1. The molecule has 5 aliphatic heterocycles. The number of aliphatic imine (C=N–C) groups is 1. The van der Waals surface area contributed by atoms with Crippen molar-refractivity contribution in [1.82, 2.24) is 9.80 Å². The fraction of sp³-hybridized carbons (Fsp3) is 0.423. The minimum Gasteiger partial charge on any atom is -0.483 e. The van der Waals surface area contributed by atoms with Crippen LogP contribution in [-0.4, -0.2) is 50.6 Å². The van der Waals surface area contributed by atoms with Crippen molar-refractivity contribution in [2.45, 2.75) is 57.8 Å². The Kier molecular flexibility index (Phi) is 3.85. The first kappa shape index (κ1) is 20.4. The van der Waals surface area contributed by atoms with Crippen LogP contribution in [0.25, 0.3) is 6.08 Å². The van der Waals surface area contributed by atoms with Crippen LogP contribution in [0.3, 0.4) is 0 Å². The van der Waals surface area contributed by atoms with Gasteiger partial charge in [0.1, 0.15) is 28.7 Å². The third-order valence-electron chi connectivity index (χ3n) is 7.33. The van der Waals surface area contributed by atoms with Crippen LogP contribution >= 0.6 is 0 Å². The Bertz CT molecular complexity index is 1250. The van der Waals surface area contributed by atoms with Crippen molar-refractivity contribution in [3.05, 3.63) is 53.4 Å². The first-order valence-corrected chi connectivity index (χ1v) is 11.4. The van der Waals surface area contributed by atoms with Gasteiger partial charge in [0.05, 0.1) is 11.4 Å². The van der Waals surface area contributed by atoms with Gasteiger partial charge in [-0.25, -0.2) is 0 Å². The predicted molar refractivity (Wildman–Crippen MR) is 124 cm³/mol. The number of hydrogen-bond acceptors (Lipinski definition) is 5. The summed E-state index contributed by atoms with van der Waals surface area (Å²) in [5, 5.41) is 12.2. The van der Waals surface area contributed by atoms with Crippen LogP contribution in [0.5, 0.6) is 5.75 Å². The van der Waals surface area contributed by atoms with Crippen molar-refractivity contribution in [3.63, 3.8) is 0 Å². The number of carbonyl (C=O) groups is 2. The lowest BCUT2D eigenvalue weighted by atomic mass is 9.71. The quantitative estimate of drug-likeness (QED) is 0.664. The molecule has 2 amide bonds. The molecular formula is C26H27N3O4. The summed E-state index contributed by atoms with van der Waals surface area (Å²) < 4.78 is 6.12. The third kappa shape index (κ3) is 2.69. The van der Waals surface area contributed by atoms with Gasteiger partial charge in [-0.05, 0) is 44.6 Å². The van der Waals surface area contributed by atoms with Crippen molar-refractivity contribution >= 4 is 29.3 Å². The number of carbonyl (C=O) groups excluding carboxylic acids is 2. The maximum atomic E-state index is 13.4. The van der Waals surface area contributed by atoms with Gasteiger partial charge in [-0.3, -0.25) is 14.6 Å². The Balaban J connectivity index is 1.52. The maximum Gasteiger partial charge on any atom is 0.274 e. The van der Waals surface area contributed by atoms with Crippen LogP contribution in [0.1, 0.15) is 51.7 Å². The molecular weight excluding hydrogens is 418 g/mol. The number of hydrogen-bond donors (Lipinski definition) is 1. The Morgan fingerprint density at radius 3 is 2.73 bits per heavy atom. The molecule has 2 unspecified atom stereocenters. The van der Waals surface area contributed by atoms with E-state index in [0.717, 1.165) is 5.56 Å². The molecule has 5 aliphatic rings. The number of nitrogens with zero attached hydrogens (tertiary/aromatic N) is 3. The smallest absolute Gasteiger partial charge is 0.274 e. The fourth-order valence-corrected chi connectivity index (χ4v) is 5.66. The van der Waals surface area contributed by atoms with Crippen molar-refractivity contribution in [1.29, 1.82) is 0 Å². The largest absolute Gasteiger partial charge is 0.483 e. The highest BCUT2D eigenvalue weighted by molar-refractivity contribution is 6.09. The van der Waals surface area contributed by atoms with E-state index in [1.165, 1.54) is 4.90 Å². The van der Waals surface area contributed by atoms with Gasteiger partial charge < -0.3 is 19.6 Å². The standard InChI is InChI=1S/C26H27N3O4/c1-24(2)11-13-29-18(22(31)28-12-5-6-17(28)21(29)30)14-26(32)16-7-8-19-15(20(16)27-23(24)26)9-10-25(3,4)33-19/h6-11,13,18,32H,5,12,14H2,1-4H3. The van der Waals surface area contributed by atoms with Gasteiger partial charge in [-0.2, -0.15) is 0 Å². The highest BCUT2D eigenvalue weighted by Gasteiger charge is 2.55. The number of benzene rings is 1. The molecule has 1 fully saturated rings. The second-order valence-electron chi connectivity index (χ2n) is 10.6. The summed E-state index contributed by atoms with van der Waals surface area (Å²) in [6.45, 7) is 8.42. The average Bonchev–Trinajstić information content (AvgIpc) is 3.34. The molecule has 0 spiro atoms. The lowest BCUT2D eigenvalue weighted by Crippen LogP contribution is -2.59. The van der Waals surface area contributed by atoms with E-state index in [2.05, 4.69) is 0 Å². The minimum atomic E-state index is -1.49. The van der Waals surface area contributed by atoms with Crippen molar-refractivity contribution in [2.75, 3.05) is 6.54 Å². The molecule has 1 N–H and O–H groups in total. The predicted octanol–water partition coefficient (Wildman–Crippen LogP) is 3.42. The van der Waals surface area contributed by atoms with Gasteiger partial charge >= 0.3 is 0 Å². The Morgan fingerprint density at radius 1 is 1.15 bits per heavy atom. The lowest BCUT2D eigenvalue weighted by Gasteiger charge is -2.44. The summed E-state index contributed by atoms with van der Waals surface area (Å²) in [7, 11) is 0. The van der Waals surface area contributed by atoms with Crippen LogP contribution in [0.15, 0.2) is 47.3 Å². The zero-order chi connectivity index (χ0) is 23.3. The van der Waals surface area contributed by atoms with Gasteiger partial charge in [0, 0.05) is 35.7 Å².